The fraction of sp³-hybridized carbons (Fsp3) is 0.429. The molecule has 1 atom stereocenters. The summed E-state index contributed by atoms with van der Waals surface area (Å²) in [6.07, 6.45) is 0.482. The van der Waals surface area contributed by atoms with Crippen molar-refractivity contribution in [3.8, 4) is 0 Å². The van der Waals surface area contributed by atoms with Gasteiger partial charge in [0, 0.05) is 17.1 Å². The van der Waals surface area contributed by atoms with Gasteiger partial charge in [0.1, 0.15) is 0 Å². The van der Waals surface area contributed by atoms with Crippen molar-refractivity contribution < 1.29 is 22.7 Å². The van der Waals surface area contributed by atoms with Gasteiger partial charge in [-0.1, -0.05) is 17.7 Å². The second-order valence-electron chi connectivity index (χ2n) is 5.19. The van der Waals surface area contributed by atoms with Crippen LogP contribution < -0.4 is 5.32 Å². The number of benzene rings is 1. The lowest BCUT2D eigenvalue weighted by atomic mass is 10.1. The largest absolute Gasteiger partial charge is 0.456 e. The molecular formula is C14H16ClNO5S. The zero-order valence-corrected chi connectivity index (χ0v) is 13.3. The first-order chi connectivity index (χ1) is 10.3. The van der Waals surface area contributed by atoms with E-state index in [1.54, 1.807) is 24.3 Å². The second-order valence-corrected chi connectivity index (χ2v) is 7.86. The third-order valence-corrected chi connectivity index (χ3v) is 5.33. The first kappa shape index (κ1) is 16.8. The number of nitrogens with one attached hydrogen (secondary N) is 1. The molecule has 22 heavy (non-hydrogen) atoms. The monoisotopic (exact) mass is 345 g/mol. The van der Waals surface area contributed by atoms with Crippen LogP contribution >= 0.6 is 11.6 Å². The van der Waals surface area contributed by atoms with Crippen LogP contribution in [0, 0.1) is 5.92 Å². The predicted molar refractivity (Wildman–Crippen MR) is 82.4 cm³/mol. The fourth-order valence-electron chi connectivity index (χ4n) is 2.24. The van der Waals surface area contributed by atoms with E-state index in [0.717, 1.165) is 0 Å². The van der Waals surface area contributed by atoms with Gasteiger partial charge in [0.2, 0.25) is 0 Å². The minimum absolute atomic E-state index is 0.0107. The minimum Gasteiger partial charge on any atom is -0.456 e. The molecule has 120 valence electrons. The highest BCUT2D eigenvalue weighted by molar-refractivity contribution is 7.91. The van der Waals surface area contributed by atoms with E-state index < -0.39 is 28.3 Å². The zero-order valence-electron chi connectivity index (χ0n) is 11.7. The molecule has 1 aliphatic heterocycles. The molecule has 1 aromatic carbocycles. The van der Waals surface area contributed by atoms with Crippen molar-refractivity contribution in [3.05, 3.63) is 29.3 Å². The predicted octanol–water partition coefficient (Wildman–Crippen LogP) is 1.65. The summed E-state index contributed by atoms with van der Waals surface area (Å²) in [6, 6.07) is 6.59. The second kappa shape index (κ2) is 7.11. The van der Waals surface area contributed by atoms with Crippen LogP contribution in [0.15, 0.2) is 24.3 Å². The lowest BCUT2D eigenvalue weighted by molar-refractivity contribution is -0.148. The van der Waals surface area contributed by atoms with Crippen molar-refractivity contribution in [2.45, 2.75) is 12.8 Å². The van der Waals surface area contributed by atoms with E-state index in [-0.39, 0.29) is 23.8 Å². The van der Waals surface area contributed by atoms with Crippen molar-refractivity contribution in [3.63, 3.8) is 0 Å². The molecule has 1 amide bonds. The smallest absolute Gasteiger partial charge is 0.306 e. The van der Waals surface area contributed by atoms with Gasteiger partial charge in [0.05, 0.1) is 11.5 Å². The number of anilines is 1. The van der Waals surface area contributed by atoms with Crippen molar-refractivity contribution in [1.29, 1.82) is 0 Å². The van der Waals surface area contributed by atoms with Gasteiger partial charge >= 0.3 is 5.97 Å². The highest BCUT2D eigenvalue weighted by atomic mass is 35.5. The van der Waals surface area contributed by atoms with Crippen LogP contribution in [0.4, 0.5) is 5.69 Å². The molecule has 8 heteroatoms. The molecule has 1 aromatic rings. The zero-order chi connectivity index (χ0) is 16.2. The molecule has 0 spiro atoms. The summed E-state index contributed by atoms with van der Waals surface area (Å²) in [7, 11) is -3.02. The van der Waals surface area contributed by atoms with Gasteiger partial charge in [-0.2, -0.15) is 0 Å². The van der Waals surface area contributed by atoms with Crippen LogP contribution in [0.2, 0.25) is 5.02 Å². The molecule has 0 saturated carbocycles. The lowest BCUT2D eigenvalue weighted by Crippen LogP contribution is -2.22. The van der Waals surface area contributed by atoms with Crippen molar-refractivity contribution in [2.75, 3.05) is 23.4 Å². The van der Waals surface area contributed by atoms with E-state index in [1.165, 1.54) is 0 Å². The number of halogens is 1. The fourth-order valence-corrected chi connectivity index (χ4v) is 4.29. The van der Waals surface area contributed by atoms with Crippen LogP contribution in [-0.4, -0.2) is 38.4 Å². The molecule has 6 nitrogen and oxygen atoms in total. The molecule has 0 aromatic heterocycles. The van der Waals surface area contributed by atoms with Gasteiger partial charge in [0.15, 0.2) is 16.4 Å². The maximum Gasteiger partial charge on any atom is 0.306 e. The Kier molecular flexibility index (Phi) is 5.42. The highest BCUT2D eigenvalue weighted by Crippen LogP contribution is 2.21. The number of carbonyl (C=O) groups is 2. The molecular weight excluding hydrogens is 330 g/mol. The quantitative estimate of drug-likeness (QED) is 0.819. The molecule has 0 unspecified atom stereocenters. The Balaban J connectivity index is 1.73. The van der Waals surface area contributed by atoms with Crippen LogP contribution in [0.5, 0.6) is 0 Å². The number of rotatable bonds is 5. The average Bonchev–Trinajstić information content (AvgIpc) is 2.75. The van der Waals surface area contributed by atoms with E-state index >= 15 is 0 Å². The molecule has 1 N–H and O–H groups in total. The van der Waals surface area contributed by atoms with E-state index in [0.29, 0.717) is 17.1 Å². The Morgan fingerprint density at radius 1 is 1.36 bits per heavy atom. The van der Waals surface area contributed by atoms with Gasteiger partial charge in [-0.25, -0.2) is 8.42 Å². The van der Waals surface area contributed by atoms with Gasteiger partial charge in [0.25, 0.3) is 5.91 Å². The summed E-state index contributed by atoms with van der Waals surface area (Å²) in [5.41, 5.74) is 0.510. The van der Waals surface area contributed by atoms with E-state index in [1.807, 2.05) is 0 Å². The third kappa shape index (κ3) is 5.31. The van der Waals surface area contributed by atoms with E-state index in [4.69, 9.17) is 16.3 Å². The van der Waals surface area contributed by atoms with Gasteiger partial charge in [-0.15, -0.1) is 0 Å². The SMILES string of the molecule is O=C(COC(=O)C[C@@H]1CCS(=O)(=O)C1)Nc1cccc(Cl)c1. The molecule has 1 heterocycles. The van der Waals surface area contributed by atoms with Crippen LogP contribution in [0.25, 0.3) is 0 Å². The number of hydrogen-bond acceptors (Lipinski definition) is 5. The minimum atomic E-state index is -3.02. The normalized spacial score (nSPS) is 19.6. The summed E-state index contributed by atoms with van der Waals surface area (Å²) in [5.74, 6) is -1.14. The summed E-state index contributed by atoms with van der Waals surface area (Å²) in [4.78, 5) is 23.2. The number of hydrogen-bond donors (Lipinski definition) is 1. The molecule has 0 bridgehead atoms. The maximum atomic E-state index is 11.6. The highest BCUT2D eigenvalue weighted by Gasteiger charge is 2.29. The van der Waals surface area contributed by atoms with E-state index in [9.17, 15) is 18.0 Å². The maximum absolute atomic E-state index is 11.6. The topological polar surface area (TPSA) is 89.5 Å². The Labute approximate surface area is 133 Å². The number of esters is 1. The molecule has 1 aliphatic rings. The number of ether oxygens (including phenoxy) is 1. The summed E-state index contributed by atoms with van der Waals surface area (Å²) in [6.45, 7) is -0.412. The third-order valence-electron chi connectivity index (χ3n) is 3.25. The Hall–Kier alpha value is -1.60. The van der Waals surface area contributed by atoms with Crippen molar-refractivity contribution in [1.82, 2.24) is 0 Å². The Morgan fingerprint density at radius 3 is 2.77 bits per heavy atom. The number of amides is 1. The molecule has 2 rings (SSSR count). The number of carbonyl (C=O) groups excluding carboxylic acids is 2. The average molecular weight is 346 g/mol. The molecule has 1 fully saturated rings. The number of sulfone groups is 1. The molecule has 0 aliphatic carbocycles. The summed E-state index contributed by atoms with van der Waals surface area (Å²) in [5, 5.41) is 3.03. The Morgan fingerprint density at radius 2 is 2.14 bits per heavy atom. The van der Waals surface area contributed by atoms with Gasteiger partial charge in [-0.3, -0.25) is 9.59 Å². The molecule has 1 saturated heterocycles. The summed E-state index contributed by atoms with van der Waals surface area (Å²) < 4.78 is 27.4. The summed E-state index contributed by atoms with van der Waals surface area (Å²) >= 11 is 5.79. The van der Waals surface area contributed by atoms with Crippen LogP contribution in [0.3, 0.4) is 0 Å². The lowest BCUT2D eigenvalue weighted by Gasteiger charge is -2.09. The van der Waals surface area contributed by atoms with Crippen molar-refractivity contribution >= 4 is 39.0 Å². The first-order valence-electron chi connectivity index (χ1n) is 6.75. The van der Waals surface area contributed by atoms with Gasteiger partial charge in [-0.05, 0) is 30.5 Å². The standard InChI is InChI=1S/C14H16ClNO5S/c15-11-2-1-3-12(7-11)16-13(17)8-21-14(18)6-10-4-5-22(19,20)9-10/h1-3,7,10H,4-6,8-9H2,(H,16,17)/t10-/m0/s1. The van der Waals surface area contributed by atoms with E-state index in [2.05, 4.69) is 5.32 Å². The van der Waals surface area contributed by atoms with Gasteiger partial charge < -0.3 is 10.1 Å². The van der Waals surface area contributed by atoms with Crippen LogP contribution in [-0.2, 0) is 24.2 Å². The van der Waals surface area contributed by atoms with Crippen molar-refractivity contribution in [2.24, 2.45) is 5.92 Å². The molecule has 0 radical (unpaired) electrons. The first-order valence-corrected chi connectivity index (χ1v) is 8.95. The van der Waals surface area contributed by atoms with Crippen LogP contribution in [0.1, 0.15) is 12.8 Å². The Bertz CT molecular complexity index is 674.